The molecule has 0 spiro atoms. The third kappa shape index (κ3) is 1.99. The summed E-state index contributed by atoms with van der Waals surface area (Å²) < 4.78 is 15.8. The Kier molecular flexibility index (Phi) is 3.16. The van der Waals surface area contributed by atoms with Crippen LogP contribution in [0.15, 0.2) is 12.1 Å². The van der Waals surface area contributed by atoms with Gasteiger partial charge in [-0.25, -0.2) is 0 Å². The minimum Gasteiger partial charge on any atom is -0.454 e. The van der Waals surface area contributed by atoms with Crippen LogP contribution in [0.2, 0.25) is 0 Å². The summed E-state index contributed by atoms with van der Waals surface area (Å²) in [6, 6.07) is 3.67. The van der Waals surface area contributed by atoms with Crippen LogP contribution in [-0.4, -0.2) is 31.9 Å². The van der Waals surface area contributed by atoms with Crippen molar-refractivity contribution in [2.24, 2.45) is 11.8 Å². The molecule has 1 aromatic rings. The normalized spacial score (nSPS) is 28.0. The molecule has 0 fully saturated rings. The summed E-state index contributed by atoms with van der Waals surface area (Å²) in [5, 5.41) is 10.4. The number of aliphatic hydroxyl groups is 1. The fourth-order valence-electron chi connectivity index (χ4n) is 2.88. The highest BCUT2D eigenvalue weighted by molar-refractivity contribution is 5.59. The van der Waals surface area contributed by atoms with Crippen molar-refractivity contribution >= 4 is 6.29 Å². The number of rotatable bonds is 3. The van der Waals surface area contributed by atoms with Crippen molar-refractivity contribution in [3.63, 3.8) is 0 Å². The first kappa shape index (κ1) is 12.4. The summed E-state index contributed by atoms with van der Waals surface area (Å²) in [5.41, 5.74) is 1.76. The van der Waals surface area contributed by atoms with Crippen molar-refractivity contribution in [3.05, 3.63) is 23.3 Å². The van der Waals surface area contributed by atoms with Crippen molar-refractivity contribution in [2.45, 2.75) is 12.5 Å². The zero-order chi connectivity index (χ0) is 13.4. The van der Waals surface area contributed by atoms with E-state index < -0.39 is 6.10 Å². The molecule has 0 saturated heterocycles. The summed E-state index contributed by atoms with van der Waals surface area (Å²) in [6.45, 7) is 0.561. The molecular formula is C14H16O5. The molecule has 3 atom stereocenters. The van der Waals surface area contributed by atoms with Gasteiger partial charge in [0.2, 0.25) is 6.79 Å². The summed E-state index contributed by atoms with van der Waals surface area (Å²) in [7, 11) is 1.57. The minimum absolute atomic E-state index is 0.201. The second-order valence-corrected chi connectivity index (χ2v) is 4.97. The second kappa shape index (κ2) is 4.83. The number of carbonyl (C=O) groups excluding carboxylic acids is 1. The Morgan fingerprint density at radius 2 is 2.16 bits per heavy atom. The van der Waals surface area contributed by atoms with E-state index in [1.54, 1.807) is 7.11 Å². The van der Waals surface area contributed by atoms with Crippen LogP contribution in [0.5, 0.6) is 11.5 Å². The maximum absolute atomic E-state index is 11.2. The van der Waals surface area contributed by atoms with E-state index in [0.717, 1.165) is 17.4 Å². The number of carbonyl (C=O) groups is 1. The van der Waals surface area contributed by atoms with E-state index in [-0.39, 0.29) is 18.6 Å². The number of hydrogen-bond donors (Lipinski definition) is 1. The standard InChI is InChI=1S/C14H16O5/c1-17-6-11-9(5-15)2-8-3-12-13(19-7-18-12)4-10(8)14(11)16/h3-5,9,11,14,16H,2,6-7H2,1H3/t9-,11?,14?/m0/s1. The molecule has 0 aromatic heterocycles. The van der Waals surface area contributed by atoms with E-state index in [4.69, 9.17) is 14.2 Å². The maximum Gasteiger partial charge on any atom is 0.231 e. The Morgan fingerprint density at radius 1 is 1.42 bits per heavy atom. The van der Waals surface area contributed by atoms with Gasteiger partial charge in [-0.1, -0.05) is 0 Å². The van der Waals surface area contributed by atoms with E-state index in [0.29, 0.717) is 24.5 Å². The summed E-state index contributed by atoms with van der Waals surface area (Å²) >= 11 is 0. The third-order valence-corrected chi connectivity index (χ3v) is 3.90. The van der Waals surface area contributed by atoms with Crippen LogP contribution in [0, 0.1) is 11.8 Å². The zero-order valence-electron chi connectivity index (χ0n) is 10.7. The van der Waals surface area contributed by atoms with Crippen LogP contribution < -0.4 is 9.47 Å². The second-order valence-electron chi connectivity index (χ2n) is 4.97. The number of methoxy groups -OCH3 is 1. The van der Waals surface area contributed by atoms with Crippen LogP contribution in [0.1, 0.15) is 17.2 Å². The van der Waals surface area contributed by atoms with Gasteiger partial charge in [-0.3, -0.25) is 0 Å². The molecule has 19 heavy (non-hydrogen) atoms. The van der Waals surface area contributed by atoms with Crippen LogP contribution in [0.25, 0.3) is 0 Å². The Balaban J connectivity index is 2.00. The van der Waals surface area contributed by atoms with Gasteiger partial charge in [-0.15, -0.1) is 0 Å². The summed E-state index contributed by atoms with van der Waals surface area (Å²) in [4.78, 5) is 11.2. The highest BCUT2D eigenvalue weighted by Crippen LogP contribution is 2.43. The highest BCUT2D eigenvalue weighted by atomic mass is 16.7. The molecular weight excluding hydrogens is 248 g/mol. The van der Waals surface area contributed by atoms with Gasteiger partial charge in [0.1, 0.15) is 6.29 Å². The largest absolute Gasteiger partial charge is 0.454 e. The van der Waals surface area contributed by atoms with E-state index in [1.165, 1.54) is 0 Å². The molecule has 3 rings (SSSR count). The Bertz CT molecular complexity index is 499. The lowest BCUT2D eigenvalue weighted by Gasteiger charge is -2.34. The van der Waals surface area contributed by atoms with E-state index >= 15 is 0 Å². The fourth-order valence-corrected chi connectivity index (χ4v) is 2.88. The summed E-state index contributed by atoms with van der Waals surface area (Å²) in [5.74, 6) is 0.887. The molecule has 5 heteroatoms. The summed E-state index contributed by atoms with van der Waals surface area (Å²) in [6.07, 6.45) is 0.787. The molecule has 1 aliphatic carbocycles. The van der Waals surface area contributed by atoms with Gasteiger partial charge in [0.15, 0.2) is 11.5 Å². The van der Waals surface area contributed by atoms with Crippen LogP contribution in [-0.2, 0) is 16.0 Å². The van der Waals surface area contributed by atoms with Gasteiger partial charge in [0.05, 0.1) is 12.7 Å². The first-order valence-corrected chi connectivity index (χ1v) is 6.29. The molecule has 2 unspecified atom stereocenters. The number of hydrogen-bond acceptors (Lipinski definition) is 5. The SMILES string of the molecule is COCC1C(O)c2cc3c(cc2C[C@H]1C=O)OCO3. The Morgan fingerprint density at radius 3 is 2.84 bits per heavy atom. The molecule has 102 valence electrons. The predicted molar refractivity (Wildman–Crippen MR) is 66.1 cm³/mol. The van der Waals surface area contributed by atoms with Crippen LogP contribution >= 0.6 is 0 Å². The molecule has 1 aliphatic heterocycles. The van der Waals surface area contributed by atoms with Gasteiger partial charge in [0, 0.05) is 18.9 Å². The van der Waals surface area contributed by atoms with E-state index in [2.05, 4.69) is 0 Å². The quantitative estimate of drug-likeness (QED) is 0.828. The molecule has 2 aliphatic rings. The molecule has 1 heterocycles. The Hall–Kier alpha value is -1.59. The van der Waals surface area contributed by atoms with Crippen molar-refractivity contribution in [1.82, 2.24) is 0 Å². The van der Waals surface area contributed by atoms with Gasteiger partial charge < -0.3 is 24.1 Å². The predicted octanol–water partition coefficient (Wildman–Crippen LogP) is 1.08. The number of benzene rings is 1. The molecule has 0 amide bonds. The van der Waals surface area contributed by atoms with Crippen molar-refractivity contribution < 1.29 is 24.1 Å². The molecule has 1 N–H and O–H groups in total. The first-order valence-electron chi connectivity index (χ1n) is 6.29. The third-order valence-electron chi connectivity index (χ3n) is 3.90. The fraction of sp³-hybridized carbons (Fsp3) is 0.500. The lowest BCUT2D eigenvalue weighted by atomic mass is 9.74. The van der Waals surface area contributed by atoms with Crippen LogP contribution in [0.4, 0.5) is 0 Å². The van der Waals surface area contributed by atoms with Crippen molar-refractivity contribution in [2.75, 3.05) is 20.5 Å². The molecule has 0 saturated carbocycles. The zero-order valence-corrected chi connectivity index (χ0v) is 10.7. The number of ether oxygens (including phenoxy) is 3. The van der Waals surface area contributed by atoms with Crippen LogP contribution in [0.3, 0.4) is 0 Å². The lowest BCUT2D eigenvalue weighted by molar-refractivity contribution is -0.116. The van der Waals surface area contributed by atoms with Gasteiger partial charge in [-0.05, 0) is 29.7 Å². The number of aliphatic hydroxyl groups excluding tert-OH is 1. The van der Waals surface area contributed by atoms with E-state index in [1.807, 2.05) is 12.1 Å². The minimum atomic E-state index is -0.714. The molecule has 1 aromatic carbocycles. The first-order chi connectivity index (χ1) is 9.24. The topological polar surface area (TPSA) is 65.0 Å². The lowest BCUT2D eigenvalue weighted by Crippen LogP contribution is -2.33. The van der Waals surface area contributed by atoms with Gasteiger partial charge >= 0.3 is 0 Å². The average molecular weight is 264 g/mol. The molecule has 0 radical (unpaired) electrons. The molecule has 5 nitrogen and oxygen atoms in total. The van der Waals surface area contributed by atoms with Gasteiger partial charge in [0.25, 0.3) is 0 Å². The number of aldehydes is 1. The monoisotopic (exact) mass is 264 g/mol. The van der Waals surface area contributed by atoms with Crippen molar-refractivity contribution in [3.8, 4) is 11.5 Å². The van der Waals surface area contributed by atoms with E-state index in [9.17, 15) is 9.90 Å². The van der Waals surface area contributed by atoms with Gasteiger partial charge in [-0.2, -0.15) is 0 Å². The maximum atomic E-state index is 11.2. The Labute approximate surface area is 111 Å². The van der Waals surface area contributed by atoms with Crippen molar-refractivity contribution in [1.29, 1.82) is 0 Å². The number of fused-ring (bicyclic) bond motifs is 2. The smallest absolute Gasteiger partial charge is 0.231 e. The highest BCUT2D eigenvalue weighted by Gasteiger charge is 2.37. The molecule has 0 bridgehead atoms. The average Bonchev–Trinajstić information content (AvgIpc) is 2.87.